The van der Waals surface area contributed by atoms with Gasteiger partial charge in [0.05, 0.1) is 5.02 Å². The maximum Gasteiger partial charge on any atom is 0.222 e. The number of nitrogens with zero attached hydrogens (tertiary/aromatic N) is 2. The minimum Gasteiger partial charge on any atom is -0.343 e. The first-order valence-corrected chi connectivity index (χ1v) is 8.93. The fourth-order valence-corrected chi connectivity index (χ4v) is 3.81. The van der Waals surface area contributed by atoms with E-state index in [-0.39, 0.29) is 10.8 Å². The molecular weight excluding hydrogens is 315 g/mol. The van der Waals surface area contributed by atoms with Crippen LogP contribution in [0, 0.1) is 11.7 Å². The van der Waals surface area contributed by atoms with E-state index >= 15 is 0 Å². The molecule has 3 nitrogen and oxygen atoms in total. The van der Waals surface area contributed by atoms with Crippen molar-refractivity contribution in [3.8, 4) is 0 Å². The van der Waals surface area contributed by atoms with Gasteiger partial charge in [-0.25, -0.2) is 4.39 Å². The maximum absolute atomic E-state index is 13.2. The quantitative estimate of drug-likeness (QED) is 0.817. The van der Waals surface area contributed by atoms with Gasteiger partial charge in [-0.15, -0.1) is 0 Å². The van der Waals surface area contributed by atoms with E-state index in [1.165, 1.54) is 18.9 Å². The molecule has 0 aromatic heterocycles. The maximum atomic E-state index is 13.2. The van der Waals surface area contributed by atoms with E-state index < -0.39 is 0 Å². The van der Waals surface area contributed by atoms with Crippen LogP contribution in [0.2, 0.25) is 5.02 Å². The van der Waals surface area contributed by atoms with Crippen molar-refractivity contribution >= 4 is 17.5 Å². The Balaban J connectivity index is 1.41. The molecule has 0 saturated carbocycles. The Bertz CT molecular complexity index is 558. The highest BCUT2D eigenvalue weighted by Gasteiger charge is 2.23. The van der Waals surface area contributed by atoms with E-state index in [2.05, 4.69) is 4.90 Å². The lowest BCUT2D eigenvalue weighted by atomic mass is 9.93. The third-order valence-electron chi connectivity index (χ3n) is 5.08. The Morgan fingerprint density at radius 3 is 2.65 bits per heavy atom. The van der Waals surface area contributed by atoms with Gasteiger partial charge in [0.1, 0.15) is 5.82 Å². The van der Waals surface area contributed by atoms with Gasteiger partial charge in [0.25, 0.3) is 0 Å². The molecule has 126 valence electrons. The van der Waals surface area contributed by atoms with Gasteiger partial charge < -0.3 is 4.90 Å². The summed E-state index contributed by atoms with van der Waals surface area (Å²) in [7, 11) is 0. The number of hydrogen-bond acceptors (Lipinski definition) is 2. The van der Waals surface area contributed by atoms with Gasteiger partial charge >= 0.3 is 0 Å². The zero-order valence-electron chi connectivity index (χ0n) is 13.4. The molecule has 0 spiro atoms. The molecule has 3 rings (SSSR count). The van der Waals surface area contributed by atoms with E-state index in [1.807, 2.05) is 11.0 Å². The molecule has 2 aliphatic heterocycles. The summed E-state index contributed by atoms with van der Waals surface area (Å²) < 4.78 is 13.2. The number of amides is 1. The monoisotopic (exact) mass is 338 g/mol. The molecule has 0 atom stereocenters. The van der Waals surface area contributed by atoms with Crippen molar-refractivity contribution in [3.63, 3.8) is 0 Å². The van der Waals surface area contributed by atoms with E-state index in [0.29, 0.717) is 5.91 Å². The van der Waals surface area contributed by atoms with Crippen LogP contribution in [0.4, 0.5) is 4.39 Å². The Hall–Kier alpha value is -1.13. The van der Waals surface area contributed by atoms with Gasteiger partial charge in [0.15, 0.2) is 0 Å². The summed E-state index contributed by atoms with van der Waals surface area (Å²) in [5, 5.41) is 0.202. The van der Waals surface area contributed by atoms with Crippen molar-refractivity contribution in [3.05, 3.63) is 34.6 Å². The van der Waals surface area contributed by atoms with E-state index in [9.17, 15) is 9.18 Å². The average Bonchev–Trinajstić information content (AvgIpc) is 2.95. The van der Waals surface area contributed by atoms with Crippen LogP contribution in [0.1, 0.15) is 37.7 Å². The molecule has 1 amide bonds. The fraction of sp³-hybridized carbons (Fsp3) is 0.611. The molecule has 0 N–H and O–H groups in total. The largest absolute Gasteiger partial charge is 0.343 e. The number of hydrogen-bond donors (Lipinski definition) is 0. The molecule has 1 aromatic carbocycles. The van der Waals surface area contributed by atoms with E-state index in [1.54, 1.807) is 6.07 Å². The van der Waals surface area contributed by atoms with Crippen LogP contribution in [0.5, 0.6) is 0 Å². The Kier molecular flexibility index (Phi) is 5.54. The summed E-state index contributed by atoms with van der Waals surface area (Å²) in [4.78, 5) is 16.1. The average molecular weight is 339 g/mol. The third kappa shape index (κ3) is 4.45. The topological polar surface area (TPSA) is 23.6 Å². The van der Waals surface area contributed by atoms with E-state index in [4.69, 9.17) is 11.6 Å². The first-order chi connectivity index (χ1) is 11.1. The van der Waals surface area contributed by atoms with Crippen LogP contribution in [0.3, 0.4) is 0 Å². The van der Waals surface area contributed by atoms with Crippen molar-refractivity contribution in [1.82, 2.24) is 9.80 Å². The second-order valence-electron chi connectivity index (χ2n) is 6.74. The van der Waals surface area contributed by atoms with Gasteiger partial charge in [-0.3, -0.25) is 9.69 Å². The lowest BCUT2D eigenvalue weighted by Gasteiger charge is -2.32. The summed E-state index contributed by atoms with van der Waals surface area (Å²) in [6.07, 6.45) is 5.24. The smallest absolute Gasteiger partial charge is 0.222 e. The summed E-state index contributed by atoms with van der Waals surface area (Å²) in [6, 6.07) is 4.98. The van der Waals surface area contributed by atoms with Crippen molar-refractivity contribution in [2.45, 2.75) is 38.6 Å². The van der Waals surface area contributed by atoms with Crippen molar-refractivity contribution in [2.24, 2.45) is 5.92 Å². The highest BCUT2D eigenvalue weighted by Crippen LogP contribution is 2.24. The Morgan fingerprint density at radius 1 is 1.22 bits per heavy atom. The van der Waals surface area contributed by atoms with Crippen LogP contribution in [-0.2, 0) is 11.3 Å². The van der Waals surface area contributed by atoms with Crippen LogP contribution in [-0.4, -0.2) is 41.9 Å². The Morgan fingerprint density at radius 2 is 2.00 bits per heavy atom. The van der Waals surface area contributed by atoms with Crippen LogP contribution >= 0.6 is 11.6 Å². The molecule has 2 saturated heterocycles. The number of carbonyl (C=O) groups excluding carboxylic acids is 1. The number of rotatable bonds is 5. The SMILES string of the molecule is O=C1CCCN1CCC1CCN(Cc2ccc(F)c(Cl)c2)CC1. The standard InChI is InChI=1S/C18H24ClFN2O/c19-16-12-15(3-4-17(16)20)13-21-9-5-14(6-10-21)7-11-22-8-1-2-18(22)23/h3-4,12,14H,1-2,5-11,13H2. The first-order valence-electron chi connectivity index (χ1n) is 8.56. The molecule has 1 aromatic rings. The van der Waals surface area contributed by atoms with Gasteiger partial charge in [0, 0.05) is 26.1 Å². The van der Waals surface area contributed by atoms with Crippen LogP contribution in [0.15, 0.2) is 18.2 Å². The zero-order valence-corrected chi connectivity index (χ0v) is 14.2. The Labute approximate surface area is 142 Å². The zero-order chi connectivity index (χ0) is 16.2. The molecule has 2 heterocycles. The summed E-state index contributed by atoms with van der Waals surface area (Å²) in [6.45, 7) is 4.83. The predicted octanol–water partition coefficient (Wildman–Crippen LogP) is 3.70. The summed E-state index contributed by atoms with van der Waals surface area (Å²) in [5.41, 5.74) is 1.07. The van der Waals surface area contributed by atoms with Crippen molar-refractivity contribution in [2.75, 3.05) is 26.2 Å². The van der Waals surface area contributed by atoms with E-state index in [0.717, 1.165) is 63.5 Å². The molecule has 0 bridgehead atoms. The molecule has 0 unspecified atom stereocenters. The second-order valence-corrected chi connectivity index (χ2v) is 7.15. The molecular formula is C18H24ClFN2O. The molecule has 23 heavy (non-hydrogen) atoms. The number of benzene rings is 1. The fourth-order valence-electron chi connectivity index (χ4n) is 3.61. The molecule has 2 fully saturated rings. The van der Waals surface area contributed by atoms with Crippen LogP contribution in [0.25, 0.3) is 0 Å². The van der Waals surface area contributed by atoms with Gasteiger partial charge in [-0.2, -0.15) is 0 Å². The minimum atomic E-state index is -0.356. The highest BCUT2D eigenvalue weighted by molar-refractivity contribution is 6.30. The van der Waals surface area contributed by atoms with Crippen molar-refractivity contribution < 1.29 is 9.18 Å². The molecule has 0 aliphatic carbocycles. The molecule has 0 radical (unpaired) electrons. The summed E-state index contributed by atoms with van der Waals surface area (Å²) in [5.74, 6) is 0.692. The number of piperidine rings is 1. The third-order valence-corrected chi connectivity index (χ3v) is 5.37. The normalized spacial score (nSPS) is 20.4. The van der Waals surface area contributed by atoms with Crippen molar-refractivity contribution in [1.29, 1.82) is 0 Å². The van der Waals surface area contributed by atoms with Gasteiger partial charge in [-0.05, 0) is 62.4 Å². The highest BCUT2D eigenvalue weighted by atomic mass is 35.5. The number of likely N-dealkylation sites (tertiary alicyclic amines) is 2. The van der Waals surface area contributed by atoms with Gasteiger partial charge in [0.2, 0.25) is 5.91 Å². The molecule has 2 aliphatic rings. The lowest BCUT2D eigenvalue weighted by Crippen LogP contribution is -2.35. The first kappa shape index (κ1) is 16.7. The number of halogens is 2. The second kappa shape index (κ2) is 7.63. The number of carbonyl (C=O) groups is 1. The van der Waals surface area contributed by atoms with Crippen LogP contribution < -0.4 is 0 Å². The van der Waals surface area contributed by atoms with Gasteiger partial charge in [-0.1, -0.05) is 17.7 Å². The predicted molar refractivity (Wildman–Crippen MR) is 89.8 cm³/mol. The summed E-state index contributed by atoms with van der Waals surface area (Å²) >= 11 is 5.84. The minimum absolute atomic E-state index is 0.202. The molecule has 5 heteroatoms. The lowest BCUT2D eigenvalue weighted by molar-refractivity contribution is -0.127.